The van der Waals surface area contributed by atoms with E-state index in [1.54, 1.807) is 17.0 Å². The van der Waals surface area contributed by atoms with Gasteiger partial charge >= 0.3 is 0 Å². The maximum Gasteiger partial charge on any atom is 0.223 e. The van der Waals surface area contributed by atoms with Crippen LogP contribution in [0.25, 0.3) is 0 Å². The molecule has 4 heteroatoms. The molecule has 0 saturated carbocycles. The van der Waals surface area contributed by atoms with Crippen LogP contribution in [0.1, 0.15) is 25.8 Å². The first kappa shape index (κ1) is 14.0. The van der Waals surface area contributed by atoms with Gasteiger partial charge in [0.1, 0.15) is 5.82 Å². The summed E-state index contributed by atoms with van der Waals surface area (Å²) in [4.78, 5) is 13.8. The molecule has 2 rings (SSSR count). The second-order valence-corrected chi connectivity index (χ2v) is 5.51. The number of aliphatic hydroxyl groups is 1. The molecule has 3 nitrogen and oxygen atoms in total. The van der Waals surface area contributed by atoms with E-state index in [1.165, 1.54) is 12.1 Å². The van der Waals surface area contributed by atoms with Crippen molar-refractivity contribution in [3.8, 4) is 0 Å². The highest BCUT2D eigenvalue weighted by Gasteiger charge is 2.40. The number of rotatable bonds is 4. The highest BCUT2D eigenvalue weighted by molar-refractivity contribution is 5.79. The fourth-order valence-electron chi connectivity index (χ4n) is 2.78. The van der Waals surface area contributed by atoms with Gasteiger partial charge in [0.25, 0.3) is 0 Å². The van der Waals surface area contributed by atoms with Gasteiger partial charge in [-0.1, -0.05) is 26.0 Å². The maximum absolute atomic E-state index is 12.9. The van der Waals surface area contributed by atoms with Gasteiger partial charge in [0.15, 0.2) is 0 Å². The topological polar surface area (TPSA) is 40.5 Å². The van der Waals surface area contributed by atoms with Gasteiger partial charge in [-0.15, -0.1) is 0 Å². The third-order valence-corrected chi connectivity index (χ3v) is 3.93. The fraction of sp³-hybridized carbons (Fsp3) is 0.533. The van der Waals surface area contributed by atoms with Crippen molar-refractivity contribution in [1.82, 2.24) is 4.90 Å². The lowest BCUT2D eigenvalue weighted by Gasteiger charge is -2.28. The Kier molecular flexibility index (Phi) is 4.20. The number of amides is 1. The van der Waals surface area contributed by atoms with E-state index in [9.17, 15) is 14.3 Å². The molecule has 0 spiro atoms. The van der Waals surface area contributed by atoms with Crippen LogP contribution in [0.4, 0.5) is 4.39 Å². The number of nitrogens with zero attached hydrogens (tertiary/aromatic N) is 1. The van der Waals surface area contributed by atoms with Gasteiger partial charge in [-0.3, -0.25) is 4.79 Å². The summed E-state index contributed by atoms with van der Waals surface area (Å²) in [5.41, 5.74) is 0.887. The van der Waals surface area contributed by atoms with E-state index in [0.717, 1.165) is 5.56 Å². The Morgan fingerprint density at radius 3 is 2.53 bits per heavy atom. The van der Waals surface area contributed by atoms with Crippen LogP contribution >= 0.6 is 0 Å². The fourth-order valence-corrected chi connectivity index (χ4v) is 2.78. The van der Waals surface area contributed by atoms with Gasteiger partial charge in [0.2, 0.25) is 5.91 Å². The van der Waals surface area contributed by atoms with Crippen LogP contribution in [-0.2, 0) is 11.3 Å². The van der Waals surface area contributed by atoms with E-state index in [1.807, 2.05) is 0 Å². The van der Waals surface area contributed by atoms with Gasteiger partial charge in [-0.25, -0.2) is 4.39 Å². The molecule has 104 valence electrons. The largest absolute Gasteiger partial charge is 0.394 e. The number of hydrogen-bond acceptors (Lipinski definition) is 2. The van der Waals surface area contributed by atoms with E-state index in [2.05, 4.69) is 13.8 Å². The van der Waals surface area contributed by atoms with Gasteiger partial charge in [-0.2, -0.15) is 0 Å². The molecule has 1 aromatic rings. The van der Waals surface area contributed by atoms with Crippen LogP contribution < -0.4 is 0 Å². The summed E-state index contributed by atoms with van der Waals surface area (Å²) >= 11 is 0. The molecule has 1 aromatic carbocycles. The van der Waals surface area contributed by atoms with Crippen molar-refractivity contribution in [1.29, 1.82) is 0 Å². The zero-order valence-electron chi connectivity index (χ0n) is 11.3. The Labute approximate surface area is 113 Å². The second kappa shape index (κ2) is 5.70. The molecule has 0 aliphatic carbocycles. The summed E-state index contributed by atoms with van der Waals surface area (Å²) in [6.45, 7) is 4.56. The average Bonchev–Trinajstić information content (AvgIpc) is 2.69. The summed E-state index contributed by atoms with van der Waals surface area (Å²) in [7, 11) is 0. The standard InChI is InChI=1S/C15H20FNO2/c1-10(2)13-7-15(19)17(14(13)9-18)8-11-3-5-12(16)6-4-11/h3-6,10,13-14,18H,7-9H2,1-2H3. The van der Waals surface area contributed by atoms with Crippen LogP contribution in [0.3, 0.4) is 0 Å². The number of hydrogen-bond donors (Lipinski definition) is 1. The Hall–Kier alpha value is -1.42. The Balaban J connectivity index is 2.14. The van der Waals surface area contributed by atoms with Crippen molar-refractivity contribution in [2.45, 2.75) is 32.9 Å². The van der Waals surface area contributed by atoms with Gasteiger partial charge in [0.05, 0.1) is 12.6 Å². The summed E-state index contributed by atoms with van der Waals surface area (Å²) in [5, 5.41) is 9.54. The molecule has 0 aromatic heterocycles. The summed E-state index contributed by atoms with van der Waals surface area (Å²) in [6.07, 6.45) is 0.490. The molecule has 2 atom stereocenters. The number of halogens is 1. The minimum atomic E-state index is -0.282. The number of aliphatic hydroxyl groups excluding tert-OH is 1. The molecule has 1 fully saturated rings. The first-order chi connectivity index (χ1) is 9.02. The van der Waals surface area contributed by atoms with E-state index in [0.29, 0.717) is 18.9 Å². The van der Waals surface area contributed by atoms with E-state index < -0.39 is 0 Å². The molecule has 19 heavy (non-hydrogen) atoms. The monoisotopic (exact) mass is 265 g/mol. The molecule has 1 aliphatic heterocycles. The minimum absolute atomic E-state index is 0.0181. The van der Waals surface area contributed by atoms with Crippen molar-refractivity contribution in [2.24, 2.45) is 11.8 Å². The lowest BCUT2D eigenvalue weighted by molar-refractivity contribution is -0.130. The molecular weight excluding hydrogens is 245 g/mol. The average molecular weight is 265 g/mol. The van der Waals surface area contributed by atoms with Crippen LogP contribution in [-0.4, -0.2) is 28.6 Å². The Morgan fingerprint density at radius 1 is 1.37 bits per heavy atom. The van der Waals surface area contributed by atoms with Crippen LogP contribution in [0.5, 0.6) is 0 Å². The van der Waals surface area contributed by atoms with Crippen LogP contribution in [0.15, 0.2) is 24.3 Å². The quantitative estimate of drug-likeness (QED) is 0.906. The van der Waals surface area contributed by atoms with Gasteiger partial charge in [0, 0.05) is 13.0 Å². The molecule has 2 unspecified atom stereocenters. The third kappa shape index (κ3) is 2.95. The molecule has 0 radical (unpaired) electrons. The minimum Gasteiger partial charge on any atom is -0.394 e. The predicted octanol–water partition coefficient (Wildman–Crippen LogP) is 2.19. The molecule has 1 saturated heterocycles. The van der Waals surface area contributed by atoms with Crippen LogP contribution in [0, 0.1) is 17.7 Å². The van der Waals surface area contributed by atoms with Crippen molar-refractivity contribution >= 4 is 5.91 Å². The van der Waals surface area contributed by atoms with Gasteiger partial charge < -0.3 is 10.0 Å². The number of carbonyl (C=O) groups excluding carboxylic acids is 1. The van der Waals surface area contributed by atoms with Crippen molar-refractivity contribution in [2.75, 3.05) is 6.61 Å². The maximum atomic E-state index is 12.9. The zero-order valence-corrected chi connectivity index (χ0v) is 11.3. The number of likely N-dealkylation sites (tertiary alicyclic amines) is 1. The van der Waals surface area contributed by atoms with Crippen molar-refractivity contribution < 1.29 is 14.3 Å². The molecule has 1 aliphatic rings. The molecule has 0 bridgehead atoms. The summed E-state index contributed by atoms with van der Waals surface area (Å²) in [6, 6.07) is 6.02. The highest BCUT2D eigenvalue weighted by Crippen LogP contribution is 2.32. The number of carbonyl (C=O) groups is 1. The highest BCUT2D eigenvalue weighted by atomic mass is 19.1. The molecular formula is C15H20FNO2. The predicted molar refractivity (Wildman–Crippen MR) is 70.8 cm³/mol. The first-order valence-corrected chi connectivity index (χ1v) is 6.67. The molecule has 1 amide bonds. The van der Waals surface area contributed by atoms with Crippen molar-refractivity contribution in [3.05, 3.63) is 35.6 Å². The smallest absolute Gasteiger partial charge is 0.223 e. The first-order valence-electron chi connectivity index (χ1n) is 6.67. The lowest BCUT2D eigenvalue weighted by atomic mass is 9.89. The van der Waals surface area contributed by atoms with E-state index in [4.69, 9.17) is 0 Å². The lowest BCUT2D eigenvalue weighted by Crippen LogP contribution is -2.38. The molecule has 1 heterocycles. The Morgan fingerprint density at radius 2 is 2.00 bits per heavy atom. The normalized spacial score (nSPS) is 23.4. The summed E-state index contributed by atoms with van der Waals surface area (Å²) in [5.74, 6) is 0.342. The van der Waals surface area contributed by atoms with Crippen molar-refractivity contribution in [3.63, 3.8) is 0 Å². The number of benzene rings is 1. The SMILES string of the molecule is CC(C)C1CC(=O)N(Cc2ccc(F)cc2)C1CO. The second-order valence-electron chi connectivity index (χ2n) is 5.51. The summed E-state index contributed by atoms with van der Waals surface area (Å²) < 4.78 is 12.9. The Bertz CT molecular complexity index is 444. The van der Waals surface area contributed by atoms with E-state index >= 15 is 0 Å². The zero-order chi connectivity index (χ0) is 14.0. The van der Waals surface area contributed by atoms with E-state index in [-0.39, 0.29) is 30.3 Å². The van der Waals surface area contributed by atoms with Gasteiger partial charge in [-0.05, 0) is 29.5 Å². The third-order valence-electron chi connectivity index (χ3n) is 3.93. The molecule has 1 N–H and O–H groups in total. The van der Waals surface area contributed by atoms with Crippen LogP contribution in [0.2, 0.25) is 0 Å².